The second kappa shape index (κ2) is 8.26. The number of amides is 1. The molecule has 5 nitrogen and oxygen atoms in total. The van der Waals surface area contributed by atoms with Gasteiger partial charge in [0.15, 0.2) is 0 Å². The van der Waals surface area contributed by atoms with Gasteiger partial charge in [0.2, 0.25) is 0 Å². The van der Waals surface area contributed by atoms with Crippen LogP contribution in [-0.2, 0) is 6.54 Å². The maximum Gasteiger partial charge on any atom is 0.271 e. The lowest BCUT2D eigenvalue weighted by Gasteiger charge is -2.06. The fraction of sp³-hybridized carbons (Fsp3) is 0.150. The van der Waals surface area contributed by atoms with Crippen LogP contribution in [-0.4, -0.2) is 21.9 Å². The number of nitrogens with zero attached hydrogens (tertiary/aromatic N) is 3. The van der Waals surface area contributed by atoms with E-state index in [9.17, 15) is 9.18 Å². The van der Waals surface area contributed by atoms with Crippen molar-refractivity contribution in [3.05, 3.63) is 86.9 Å². The van der Waals surface area contributed by atoms with Crippen molar-refractivity contribution in [1.82, 2.24) is 15.2 Å². The van der Waals surface area contributed by atoms with Crippen molar-refractivity contribution in [3.8, 4) is 0 Å². The van der Waals surface area contributed by atoms with E-state index >= 15 is 0 Å². The van der Waals surface area contributed by atoms with Crippen molar-refractivity contribution in [2.45, 2.75) is 20.4 Å². The first-order valence-corrected chi connectivity index (χ1v) is 9.11. The highest BCUT2D eigenvalue weighted by molar-refractivity contribution is 9.10. The molecule has 1 aromatic heterocycles. The number of hydrogen-bond acceptors (Lipinski definition) is 3. The van der Waals surface area contributed by atoms with Gasteiger partial charge in [-0.05, 0) is 65.2 Å². The molecule has 138 valence electrons. The Balaban J connectivity index is 1.61. The number of benzene rings is 2. The van der Waals surface area contributed by atoms with Gasteiger partial charge in [0.25, 0.3) is 5.91 Å². The van der Waals surface area contributed by atoms with E-state index in [1.54, 1.807) is 24.3 Å². The minimum Gasteiger partial charge on any atom is -0.267 e. The Bertz CT molecular complexity index is 978. The molecule has 0 fully saturated rings. The number of aryl methyl sites for hydroxylation is 1. The summed E-state index contributed by atoms with van der Waals surface area (Å²) in [4.78, 5) is 12.2. The summed E-state index contributed by atoms with van der Waals surface area (Å²) in [7, 11) is 0. The second-order valence-electron chi connectivity index (χ2n) is 6.09. The van der Waals surface area contributed by atoms with Gasteiger partial charge in [0.05, 0.1) is 28.6 Å². The zero-order valence-electron chi connectivity index (χ0n) is 14.9. The van der Waals surface area contributed by atoms with E-state index in [4.69, 9.17) is 0 Å². The number of rotatable bonds is 5. The predicted molar refractivity (Wildman–Crippen MR) is 106 cm³/mol. The van der Waals surface area contributed by atoms with Gasteiger partial charge in [-0.25, -0.2) is 9.82 Å². The van der Waals surface area contributed by atoms with Crippen LogP contribution in [0.5, 0.6) is 0 Å². The Morgan fingerprint density at radius 1 is 1.19 bits per heavy atom. The van der Waals surface area contributed by atoms with Crippen molar-refractivity contribution in [1.29, 1.82) is 0 Å². The third-order valence-corrected chi connectivity index (χ3v) is 5.24. The molecule has 0 saturated heterocycles. The minimum absolute atomic E-state index is 0.311. The average Bonchev–Trinajstić information content (AvgIpc) is 2.90. The predicted octanol–water partition coefficient (Wildman–Crippen LogP) is 4.21. The van der Waals surface area contributed by atoms with Crippen molar-refractivity contribution < 1.29 is 9.18 Å². The molecular weight excluding hydrogens is 411 g/mol. The third kappa shape index (κ3) is 4.68. The van der Waals surface area contributed by atoms with Gasteiger partial charge in [-0.15, -0.1) is 0 Å². The quantitative estimate of drug-likeness (QED) is 0.488. The van der Waals surface area contributed by atoms with E-state index in [0.717, 1.165) is 21.4 Å². The van der Waals surface area contributed by atoms with Crippen LogP contribution in [0.25, 0.3) is 0 Å². The number of hydrogen-bond donors (Lipinski definition) is 1. The first kappa shape index (κ1) is 19.0. The summed E-state index contributed by atoms with van der Waals surface area (Å²) < 4.78 is 15.8. The number of nitrogens with one attached hydrogen (secondary N) is 1. The molecule has 0 bridgehead atoms. The van der Waals surface area contributed by atoms with Gasteiger partial charge in [0.1, 0.15) is 5.82 Å². The molecule has 0 radical (unpaired) electrons. The fourth-order valence-corrected chi connectivity index (χ4v) is 2.83. The lowest BCUT2D eigenvalue weighted by Crippen LogP contribution is -2.17. The number of halogens is 2. The van der Waals surface area contributed by atoms with Gasteiger partial charge in [0, 0.05) is 5.56 Å². The van der Waals surface area contributed by atoms with Crippen LogP contribution in [0.15, 0.2) is 58.1 Å². The molecule has 3 aromatic rings. The molecule has 1 N–H and O–H groups in total. The fourth-order valence-electron chi connectivity index (χ4n) is 2.54. The molecular formula is C20H18BrFN4O. The maximum absolute atomic E-state index is 12.8. The topological polar surface area (TPSA) is 59.3 Å². The normalized spacial score (nSPS) is 11.1. The molecule has 0 spiro atoms. The molecule has 3 rings (SSSR count). The van der Waals surface area contributed by atoms with E-state index in [-0.39, 0.29) is 11.7 Å². The zero-order valence-corrected chi connectivity index (χ0v) is 16.5. The van der Waals surface area contributed by atoms with Crippen LogP contribution < -0.4 is 5.43 Å². The molecule has 0 unspecified atom stereocenters. The Labute approximate surface area is 165 Å². The molecule has 2 aromatic carbocycles. The molecule has 27 heavy (non-hydrogen) atoms. The van der Waals surface area contributed by atoms with Crippen molar-refractivity contribution in [2.75, 3.05) is 0 Å². The summed E-state index contributed by atoms with van der Waals surface area (Å²) in [6.07, 6.45) is 1.46. The Hall–Kier alpha value is -2.80. The molecule has 0 aliphatic heterocycles. The molecule has 0 aliphatic rings. The van der Waals surface area contributed by atoms with Crippen molar-refractivity contribution >= 4 is 28.1 Å². The highest BCUT2D eigenvalue weighted by Gasteiger charge is 2.09. The maximum atomic E-state index is 12.8. The molecule has 0 saturated carbocycles. The summed E-state index contributed by atoms with van der Waals surface area (Å²) >= 11 is 3.52. The SMILES string of the molecule is Cc1nn(Cc2ccc(C(=O)N/N=C/c3ccc(F)cc3)cc2)c(C)c1Br. The number of hydrazone groups is 1. The van der Waals surface area contributed by atoms with Crippen LogP contribution >= 0.6 is 15.9 Å². The van der Waals surface area contributed by atoms with Crippen LogP contribution in [0, 0.1) is 19.7 Å². The molecule has 7 heteroatoms. The van der Waals surface area contributed by atoms with E-state index in [1.165, 1.54) is 18.3 Å². The number of aromatic nitrogens is 2. The average molecular weight is 429 g/mol. The Kier molecular flexibility index (Phi) is 5.81. The largest absolute Gasteiger partial charge is 0.271 e. The summed E-state index contributed by atoms with van der Waals surface area (Å²) in [6.45, 7) is 4.58. The summed E-state index contributed by atoms with van der Waals surface area (Å²) in [6, 6.07) is 13.1. The zero-order chi connectivity index (χ0) is 19.4. The van der Waals surface area contributed by atoms with E-state index in [1.807, 2.05) is 30.7 Å². The van der Waals surface area contributed by atoms with Gasteiger partial charge in [-0.1, -0.05) is 24.3 Å². The standard InChI is InChI=1S/C20H18BrFN4O/c1-13-19(21)14(2)26(25-13)12-16-3-7-17(8-4-16)20(27)24-23-11-15-5-9-18(22)10-6-15/h3-11H,12H2,1-2H3,(H,24,27)/b23-11+. The molecule has 1 amide bonds. The van der Waals surface area contributed by atoms with Gasteiger partial charge >= 0.3 is 0 Å². The number of carbonyl (C=O) groups is 1. The second-order valence-corrected chi connectivity index (χ2v) is 6.88. The minimum atomic E-state index is -0.316. The van der Waals surface area contributed by atoms with Crippen LogP contribution in [0.1, 0.15) is 32.9 Å². The first-order valence-electron chi connectivity index (χ1n) is 8.31. The summed E-state index contributed by atoms with van der Waals surface area (Å²) in [5.74, 6) is -0.627. The summed E-state index contributed by atoms with van der Waals surface area (Å²) in [5, 5.41) is 8.38. The van der Waals surface area contributed by atoms with Crippen LogP contribution in [0.3, 0.4) is 0 Å². The first-order chi connectivity index (χ1) is 12.9. The lowest BCUT2D eigenvalue weighted by molar-refractivity contribution is 0.0955. The van der Waals surface area contributed by atoms with Crippen LogP contribution in [0.4, 0.5) is 4.39 Å². The van der Waals surface area contributed by atoms with Crippen LogP contribution in [0.2, 0.25) is 0 Å². The van der Waals surface area contributed by atoms with Gasteiger partial charge in [-0.2, -0.15) is 10.2 Å². The highest BCUT2D eigenvalue weighted by Crippen LogP contribution is 2.20. The lowest BCUT2D eigenvalue weighted by atomic mass is 10.1. The Morgan fingerprint density at radius 3 is 2.44 bits per heavy atom. The summed E-state index contributed by atoms with van der Waals surface area (Å²) in [5.41, 5.74) is 6.71. The smallest absolute Gasteiger partial charge is 0.267 e. The number of carbonyl (C=O) groups excluding carboxylic acids is 1. The Morgan fingerprint density at radius 2 is 1.85 bits per heavy atom. The van der Waals surface area contributed by atoms with Gasteiger partial charge in [-0.3, -0.25) is 9.48 Å². The highest BCUT2D eigenvalue weighted by atomic mass is 79.9. The van der Waals surface area contributed by atoms with E-state index < -0.39 is 0 Å². The van der Waals surface area contributed by atoms with Gasteiger partial charge < -0.3 is 0 Å². The molecule has 0 atom stereocenters. The molecule has 1 heterocycles. The molecule has 0 aliphatic carbocycles. The monoisotopic (exact) mass is 428 g/mol. The van der Waals surface area contributed by atoms with Crippen molar-refractivity contribution in [3.63, 3.8) is 0 Å². The van der Waals surface area contributed by atoms with Crippen molar-refractivity contribution in [2.24, 2.45) is 5.10 Å². The van der Waals surface area contributed by atoms with E-state index in [2.05, 4.69) is 31.6 Å². The third-order valence-electron chi connectivity index (χ3n) is 4.09. The van der Waals surface area contributed by atoms with E-state index in [0.29, 0.717) is 17.7 Å².